The minimum absolute atomic E-state index is 0.0885. The Bertz CT molecular complexity index is 928. The lowest BCUT2D eigenvalue weighted by atomic mass is 10.1. The molecular formula is C20H24N4O4. The highest BCUT2D eigenvalue weighted by atomic mass is 16.6. The van der Waals surface area contributed by atoms with Gasteiger partial charge in [-0.2, -0.15) is 0 Å². The highest BCUT2D eigenvalue weighted by Gasteiger charge is 2.36. The number of Topliss-reactive ketones (excluding diaryl/α,β-unsaturated/α-hetero) is 1. The summed E-state index contributed by atoms with van der Waals surface area (Å²) in [5.74, 6) is -0.110. The number of carbonyl (C=O) groups is 3. The van der Waals surface area contributed by atoms with Crippen molar-refractivity contribution in [3.63, 3.8) is 0 Å². The van der Waals surface area contributed by atoms with Crippen LogP contribution in [0, 0.1) is 12.8 Å². The van der Waals surface area contributed by atoms with Crippen LogP contribution in [-0.2, 0) is 9.59 Å². The molecule has 8 nitrogen and oxygen atoms in total. The molecule has 28 heavy (non-hydrogen) atoms. The van der Waals surface area contributed by atoms with Crippen molar-refractivity contribution in [2.75, 3.05) is 19.6 Å². The molecule has 2 amide bonds. The lowest BCUT2D eigenvalue weighted by Gasteiger charge is -2.40. The Labute approximate surface area is 163 Å². The van der Waals surface area contributed by atoms with Gasteiger partial charge in [0.25, 0.3) is 0 Å². The average Bonchev–Trinajstić information content (AvgIpc) is 2.67. The van der Waals surface area contributed by atoms with Crippen LogP contribution >= 0.6 is 0 Å². The maximum Gasteiger partial charge on any atom is 0.415 e. The first kappa shape index (κ1) is 19.7. The van der Waals surface area contributed by atoms with Crippen LogP contribution in [0.2, 0.25) is 0 Å². The van der Waals surface area contributed by atoms with E-state index in [-0.39, 0.29) is 24.2 Å². The van der Waals surface area contributed by atoms with Crippen LogP contribution in [-0.4, -0.2) is 63.2 Å². The van der Waals surface area contributed by atoms with Crippen LogP contribution in [0.4, 0.5) is 4.79 Å². The lowest BCUT2D eigenvalue weighted by Crippen LogP contribution is -2.60. The van der Waals surface area contributed by atoms with E-state index in [2.05, 4.69) is 9.97 Å². The summed E-state index contributed by atoms with van der Waals surface area (Å²) < 4.78 is 5.58. The molecule has 1 atom stereocenters. The number of para-hydroxylation sites is 1. The number of carbonyl (C=O) groups excluding carboxylic acids is 3. The molecule has 0 saturated carbocycles. The number of rotatable bonds is 3. The molecule has 2 heterocycles. The Morgan fingerprint density at radius 2 is 1.93 bits per heavy atom. The van der Waals surface area contributed by atoms with Gasteiger partial charge >= 0.3 is 6.09 Å². The number of ketones is 1. The van der Waals surface area contributed by atoms with Crippen LogP contribution in [0.5, 0.6) is 5.75 Å². The van der Waals surface area contributed by atoms with E-state index in [1.807, 2.05) is 13.0 Å². The van der Waals surface area contributed by atoms with E-state index in [1.54, 1.807) is 30.9 Å². The lowest BCUT2D eigenvalue weighted by molar-refractivity contribution is -0.144. The van der Waals surface area contributed by atoms with Crippen LogP contribution in [0.1, 0.15) is 26.5 Å². The molecule has 0 spiro atoms. The molecular weight excluding hydrogens is 360 g/mol. The van der Waals surface area contributed by atoms with E-state index >= 15 is 0 Å². The van der Waals surface area contributed by atoms with Gasteiger partial charge in [0.05, 0.1) is 6.54 Å². The first-order valence-electron chi connectivity index (χ1n) is 9.27. The number of ether oxygens (including phenoxy) is 1. The molecule has 0 unspecified atom stereocenters. The Morgan fingerprint density at radius 1 is 1.18 bits per heavy atom. The van der Waals surface area contributed by atoms with E-state index in [9.17, 15) is 14.4 Å². The van der Waals surface area contributed by atoms with Gasteiger partial charge in [-0.05, 0) is 19.9 Å². The molecule has 1 fully saturated rings. The summed E-state index contributed by atoms with van der Waals surface area (Å²) in [6.07, 6.45) is 0.864. The van der Waals surface area contributed by atoms with Crippen molar-refractivity contribution in [1.29, 1.82) is 0 Å². The van der Waals surface area contributed by atoms with E-state index < -0.39 is 12.1 Å². The van der Waals surface area contributed by atoms with E-state index in [0.717, 1.165) is 11.1 Å². The van der Waals surface area contributed by atoms with Gasteiger partial charge in [-0.25, -0.2) is 14.8 Å². The van der Waals surface area contributed by atoms with E-state index in [4.69, 9.17) is 4.74 Å². The fraction of sp³-hybridized carbons (Fsp3) is 0.450. The monoisotopic (exact) mass is 384 g/mol. The summed E-state index contributed by atoms with van der Waals surface area (Å²) in [5, 5.41) is 0.807. The van der Waals surface area contributed by atoms with Gasteiger partial charge in [0.2, 0.25) is 5.91 Å². The standard InChI is InChI=1S/C20H24N4O4/c1-12(2)19(26)24-9-8-23(10-16(24)14(4)25)20(27)28-17-7-5-6-15-13(3)21-11-22-18(15)17/h5-7,11-12,16H,8-10H2,1-4H3/t16-/m0/s1. The second-order valence-corrected chi connectivity index (χ2v) is 7.24. The minimum Gasteiger partial charge on any atom is -0.408 e. The molecule has 1 aliphatic heterocycles. The van der Waals surface area contributed by atoms with Gasteiger partial charge in [-0.3, -0.25) is 9.59 Å². The molecule has 0 bridgehead atoms. The Kier molecular flexibility index (Phi) is 5.58. The molecule has 2 aromatic rings. The van der Waals surface area contributed by atoms with Gasteiger partial charge in [-0.1, -0.05) is 26.0 Å². The second-order valence-electron chi connectivity index (χ2n) is 7.24. The molecule has 0 aliphatic carbocycles. The number of nitrogens with zero attached hydrogens (tertiary/aromatic N) is 4. The maximum atomic E-state index is 12.7. The van der Waals surface area contributed by atoms with Crippen molar-refractivity contribution in [3.05, 3.63) is 30.2 Å². The van der Waals surface area contributed by atoms with E-state index in [0.29, 0.717) is 24.4 Å². The molecule has 1 aliphatic rings. The number of hydrogen-bond donors (Lipinski definition) is 0. The summed E-state index contributed by atoms with van der Waals surface area (Å²) >= 11 is 0. The third kappa shape index (κ3) is 3.81. The Hall–Kier alpha value is -3.03. The number of benzene rings is 1. The van der Waals surface area contributed by atoms with Crippen molar-refractivity contribution in [2.24, 2.45) is 5.92 Å². The number of aromatic nitrogens is 2. The first-order valence-corrected chi connectivity index (χ1v) is 9.27. The van der Waals surface area contributed by atoms with Gasteiger partial charge in [0.1, 0.15) is 17.9 Å². The maximum absolute atomic E-state index is 12.7. The quantitative estimate of drug-likeness (QED) is 0.805. The minimum atomic E-state index is -0.659. The molecule has 3 rings (SSSR count). The zero-order valence-electron chi connectivity index (χ0n) is 16.5. The van der Waals surface area contributed by atoms with Crippen LogP contribution in [0.25, 0.3) is 10.9 Å². The number of aryl methyl sites for hydroxylation is 1. The molecule has 1 saturated heterocycles. The van der Waals surface area contributed by atoms with Gasteiger partial charge in [-0.15, -0.1) is 0 Å². The average molecular weight is 384 g/mol. The molecule has 1 aromatic heterocycles. The predicted molar refractivity (Wildman–Crippen MR) is 103 cm³/mol. The summed E-state index contributed by atoms with van der Waals surface area (Å²) in [7, 11) is 0. The SMILES string of the molecule is CC(=O)[C@@H]1CN(C(=O)Oc2cccc3c(C)ncnc23)CCN1C(=O)C(C)C. The smallest absolute Gasteiger partial charge is 0.408 e. The molecule has 0 radical (unpaired) electrons. The highest BCUT2D eigenvalue weighted by Crippen LogP contribution is 2.25. The normalized spacial score (nSPS) is 17.1. The number of amides is 2. The zero-order valence-corrected chi connectivity index (χ0v) is 16.5. The molecule has 0 N–H and O–H groups in total. The predicted octanol–water partition coefficient (Wildman–Crippen LogP) is 2.19. The van der Waals surface area contributed by atoms with Crippen LogP contribution in [0.3, 0.4) is 0 Å². The molecule has 148 valence electrons. The third-order valence-electron chi connectivity index (χ3n) is 4.91. The summed E-state index contributed by atoms with van der Waals surface area (Å²) in [6.45, 7) is 7.61. The summed E-state index contributed by atoms with van der Waals surface area (Å²) in [6, 6.07) is 4.66. The fourth-order valence-electron chi connectivity index (χ4n) is 3.32. The van der Waals surface area contributed by atoms with Crippen LogP contribution < -0.4 is 4.74 Å². The first-order chi connectivity index (χ1) is 13.3. The highest BCUT2D eigenvalue weighted by molar-refractivity contribution is 5.90. The summed E-state index contributed by atoms with van der Waals surface area (Å²) in [5.41, 5.74) is 1.35. The Morgan fingerprint density at radius 3 is 2.61 bits per heavy atom. The number of piperazine rings is 1. The second kappa shape index (κ2) is 7.92. The number of hydrogen-bond acceptors (Lipinski definition) is 6. The Balaban J connectivity index is 1.78. The number of fused-ring (bicyclic) bond motifs is 1. The van der Waals surface area contributed by atoms with Crippen molar-refractivity contribution >= 4 is 28.7 Å². The van der Waals surface area contributed by atoms with Crippen molar-refractivity contribution in [2.45, 2.75) is 33.7 Å². The molecule has 1 aromatic carbocycles. The molecule has 8 heteroatoms. The van der Waals surface area contributed by atoms with Gasteiger partial charge in [0, 0.05) is 30.1 Å². The largest absolute Gasteiger partial charge is 0.415 e. The van der Waals surface area contributed by atoms with Crippen molar-refractivity contribution < 1.29 is 19.1 Å². The van der Waals surface area contributed by atoms with Gasteiger partial charge < -0.3 is 14.5 Å². The van der Waals surface area contributed by atoms with E-state index in [1.165, 1.54) is 18.2 Å². The fourth-order valence-corrected chi connectivity index (χ4v) is 3.32. The third-order valence-corrected chi connectivity index (χ3v) is 4.91. The topological polar surface area (TPSA) is 92.7 Å². The van der Waals surface area contributed by atoms with Gasteiger partial charge in [0.15, 0.2) is 11.5 Å². The van der Waals surface area contributed by atoms with Crippen LogP contribution in [0.15, 0.2) is 24.5 Å². The van der Waals surface area contributed by atoms with Crippen molar-refractivity contribution in [3.8, 4) is 5.75 Å². The van der Waals surface area contributed by atoms with Crippen molar-refractivity contribution in [1.82, 2.24) is 19.8 Å². The summed E-state index contributed by atoms with van der Waals surface area (Å²) in [4.78, 5) is 48.6. The zero-order chi connectivity index (χ0) is 20.4.